The molecule has 1 unspecified atom stereocenters. The van der Waals surface area contributed by atoms with E-state index in [0.717, 1.165) is 44.2 Å². The van der Waals surface area contributed by atoms with Crippen LogP contribution in [0.3, 0.4) is 0 Å². The predicted molar refractivity (Wildman–Crippen MR) is 113 cm³/mol. The number of halogens is 3. The molecule has 0 radical (unpaired) electrons. The van der Waals surface area contributed by atoms with Crippen molar-refractivity contribution < 1.29 is 13.2 Å². The van der Waals surface area contributed by atoms with Crippen molar-refractivity contribution in [1.29, 1.82) is 0 Å². The van der Waals surface area contributed by atoms with Gasteiger partial charge in [0.15, 0.2) is 0 Å². The molecule has 4 nitrogen and oxygen atoms in total. The van der Waals surface area contributed by atoms with E-state index in [9.17, 15) is 22.8 Å². The lowest BCUT2D eigenvalue weighted by atomic mass is 9.72. The van der Waals surface area contributed by atoms with Gasteiger partial charge < -0.3 is 4.98 Å². The molecule has 1 atom stereocenters. The molecule has 1 aromatic heterocycles. The third kappa shape index (κ3) is 4.92. The molecule has 1 aromatic carbocycles. The van der Waals surface area contributed by atoms with Gasteiger partial charge in [0.05, 0.1) is 5.56 Å². The molecule has 164 valence electrons. The maximum Gasteiger partial charge on any atom is 0.416 e. The number of aromatic amines is 2. The standard InChI is InChI=1S/C24H25F3N2O2/c25-24(26,27)19-8-4-5-15(13-19)14-20-21(28-23(31)29-22(20)30)18-11-9-17(10-12-18)16-6-2-1-3-7-16/h1-6,8,13,16-18H,7,9-12,14H2,(H2,28,29,30,31)/t16?,17-,18-. The van der Waals surface area contributed by atoms with E-state index in [0.29, 0.717) is 28.7 Å². The molecular formula is C24H25F3N2O2. The number of hydrogen-bond donors (Lipinski definition) is 2. The highest BCUT2D eigenvalue weighted by Gasteiger charge is 2.31. The number of alkyl halides is 3. The number of nitrogens with one attached hydrogen (secondary N) is 2. The fourth-order valence-electron chi connectivity index (χ4n) is 4.90. The maximum absolute atomic E-state index is 13.1. The summed E-state index contributed by atoms with van der Waals surface area (Å²) < 4.78 is 39.2. The first-order chi connectivity index (χ1) is 14.8. The fourth-order valence-corrected chi connectivity index (χ4v) is 4.90. The summed E-state index contributed by atoms with van der Waals surface area (Å²) in [6, 6.07) is 4.99. The lowest BCUT2D eigenvalue weighted by Crippen LogP contribution is -2.31. The summed E-state index contributed by atoms with van der Waals surface area (Å²) in [6.45, 7) is 0. The monoisotopic (exact) mass is 430 g/mol. The number of rotatable bonds is 4. The topological polar surface area (TPSA) is 65.7 Å². The minimum Gasteiger partial charge on any atom is -0.311 e. The first-order valence-electron chi connectivity index (χ1n) is 10.7. The Labute approximate surface area is 177 Å². The summed E-state index contributed by atoms with van der Waals surface area (Å²) in [6.07, 6.45) is 8.87. The molecule has 0 bridgehead atoms. The Morgan fingerprint density at radius 2 is 1.77 bits per heavy atom. The Hall–Kier alpha value is -2.83. The maximum atomic E-state index is 13.1. The van der Waals surface area contributed by atoms with Gasteiger partial charge in [-0.2, -0.15) is 13.2 Å². The van der Waals surface area contributed by atoms with Crippen molar-refractivity contribution in [3.05, 3.63) is 91.8 Å². The Kier molecular flexibility index (Phi) is 6.03. The van der Waals surface area contributed by atoms with E-state index in [1.165, 1.54) is 6.07 Å². The molecule has 1 fully saturated rings. The van der Waals surface area contributed by atoms with Crippen molar-refractivity contribution >= 4 is 0 Å². The average Bonchev–Trinajstić information content (AvgIpc) is 2.76. The van der Waals surface area contributed by atoms with E-state index in [1.54, 1.807) is 6.07 Å². The van der Waals surface area contributed by atoms with Crippen LogP contribution in [0.2, 0.25) is 0 Å². The van der Waals surface area contributed by atoms with Gasteiger partial charge in [-0.1, -0.05) is 42.5 Å². The minimum absolute atomic E-state index is 0.0233. The van der Waals surface area contributed by atoms with Gasteiger partial charge in [0.1, 0.15) is 0 Å². The van der Waals surface area contributed by atoms with Crippen molar-refractivity contribution in [2.45, 2.75) is 50.6 Å². The molecule has 4 rings (SSSR count). The van der Waals surface area contributed by atoms with E-state index in [1.807, 2.05) is 0 Å². The van der Waals surface area contributed by atoms with Crippen molar-refractivity contribution in [2.24, 2.45) is 11.8 Å². The number of aromatic nitrogens is 2. The summed E-state index contributed by atoms with van der Waals surface area (Å²) in [5.74, 6) is 1.11. The van der Waals surface area contributed by atoms with Crippen LogP contribution in [0.15, 0.2) is 58.2 Å². The molecule has 2 aromatic rings. The smallest absolute Gasteiger partial charge is 0.311 e. The molecular weight excluding hydrogens is 405 g/mol. The quantitative estimate of drug-likeness (QED) is 0.711. The van der Waals surface area contributed by atoms with Crippen molar-refractivity contribution in [3.63, 3.8) is 0 Å². The van der Waals surface area contributed by atoms with Gasteiger partial charge in [-0.05, 0) is 61.5 Å². The lowest BCUT2D eigenvalue weighted by Gasteiger charge is -2.33. The van der Waals surface area contributed by atoms with E-state index in [2.05, 4.69) is 34.3 Å². The summed E-state index contributed by atoms with van der Waals surface area (Å²) in [4.78, 5) is 29.6. The second-order valence-corrected chi connectivity index (χ2v) is 8.50. The van der Waals surface area contributed by atoms with Crippen LogP contribution in [0, 0.1) is 11.8 Å². The van der Waals surface area contributed by atoms with Crippen molar-refractivity contribution in [3.8, 4) is 0 Å². The van der Waals surface area contributed by atoms with Crippen LogP contribution in [0.1, 0.15) is 60.4 Å². The first kappa shape index (κ1) is 21.4. The van der Waals surface area contributed by atoms with Gasteiger partial charge in [0.25, 0.3) is 5.56 Å². The van der Waals surface area contributed by atoms with Crippen LogP contribution in [-0.4, -0.2) is 9.97 Å². The van der Waals surface area contributed by atoms with Crippen LogP contribution in [0.5, 0.6) is 0 Å². The van der Waals surface area contributed by atoms with Gasteiger partial charge in [0, 0.05) is 17.7 Å². The molecule has 0 saturated heterocycles. The van der Waals surface area contributed by atoms with Crippen LogP contribution in [-0.2, 0) is 12.6 Å². The molecule has 0 spiro atoms. The second kappa shape index (κ2) is 8.73. The van der Waals surface area contributed by atoms with Gasteiger partial charge in [-0.25, -0.2) is 4.79 Å². The summed E-state index contributed by atoms with van der Waals surface area (Å²) >= 11 is 0. The minimum atomic E-state index is -4.45. The third-order valence-corrected chi connectivity index (χ3v) is 6.51. The Balaban J connectivity index is 1.57. The summed E-state index contributed by atoms with van der Waals surface area (Å²) in [7, 11) is 0. The van der Waals surface area contributed by atoms with Gasteiger partial charge in [0.2, 0.25) is 0 Å². The highest BCUT2D eigenvalue weighted by molar-refractivity contribution is 5.32. The molecule has 1 saturated carbocycles. The summed E-state index contributed by atoms with van der Waals surface area (Å²) in [5, 5.41) is 0. The van der Waals surface area contributed by atoms with Crippen LogP contribution in [0.25, 0.3) is 0 Å². The summed E-state index contributed by atoms with van der Waals surface area (Å²) in [5.41, 5.74) is -0.538. The zero-order valence-corrected chi connectivity index (χ0v) is 17.0. The average molecular weight is 430 g/mol. The molecule has 7 heteroatoms. The van der Waals surface area contributed by atoms with E-state index >= 15 is 0 Å². The number of benzene rings is 1. The van der Waals surface area contributed by atoms with Crippen molar-refractivity contribution in [1.82, 2.24) is 9.97 Å². The van der Waals surface area contributed by atoms with Crippen LogP contribution in [0.4, 0.5) is 13.2 Å². The Bertz CT molecular complexity index is 1100. The molecule has 2 N–H and O–H groups in total. The fraction of sp³-hybridized carbons (Fsp3) is 0.417. The number of allylic oxidation sites excluding steroid dienone is 4. The largest absolute Gasteiger partial charge is 0.416 e. The van der Waals surface area contributed by atoms with E-state index < -0.39 is 23.0 Å². The van der Waals surface area contributed by atoms with Gasteiger partial charge in [-0.3, -0.25) is 9.78 Å². The lowest BCUT2D eigenvalue weighted by molar-refractivity contribution is -0.137. The highest BCUT2D eigenvalue weighted by atomic mass is 19.4. The van der Waals surface area contributed by atoms with E-state index in [4.69, 9.17) is 0 Å². The first-order valence-corrected chi connectivity index (χ1v) is 10.7. The van der Waals surface area contributed by atoms with Gasteiger partial charge in [-0.15, -0.1) is 0 Å². The Morgan fingerprint density at radius 1 is 1.00 bits per heavy atom. The number of H-pyrrole nitrogens is 2. The molecule has 2 aliphatic carbocycles. The molecule has 0 amide bonds. The highest BCUT2D eigenvalue weighted by Crippen LogP contribution is 2.40. The normalized spacial score (nSPS) is 23.8. The zero-order valence-electron chi connectivity index (χ0n) is 17.0. The van der Waals surface area contributed by atoms with Crippen molar-refractivity contribution in [2.75, 3.05) is 0 Å². The van der Waals surface area contributed by atoms with Crippen LogP contribution < -0.4 is 11.2 Å². The molecule has 0 aliphatic heterocycles. The molecule has 2 aliphatic rings. The second-order valence-electron chi connectivity index (χ2n) is 8.50. The zero-order chi connectivity index (χ0) is 22.0. The predicted octanol–water partition coefficient (Wildman–Crippen LogP) is 5.08. The van der Waals surface area contributed by atoms with Gasteiger partial charge >= 0.3 is 11.9 Å². The van der Waals surface area contributed by atoms with Crippen LogP contribution >= 0.6 is 0 Å². The van der Waals surface area contributed by atoms with E-state index in [-0.39, 0.29) is 12.3 Å². The number of hydrogen-bond acceptors (Lipinski definition) is 2. The third-order valence-electron chi connectivity index (χ3n) is 6.51. The Morgan fingerprint density at radius 3 is 2.45 bits per heavy atom. The SMILES string of the molecule is O=c1[nH]c(=O)c(Cc2cccc(C(F)(F)F)c2)c([C@H]2CC[C@H](C3C=CC=CC3)CC2)[nH]1. The molecule has 31 heavy (non-hydrogen) atoms. The molecule has 1 heterocycles.